The summed E-state index contributed by atoms with van der Waals surface area (Å²) in [5, 5.41) is 15.6. The maximum Gasteiger partial charge on any atom is 0.283 e. The standard InChI is InChI=1S/C24H24N4O3S/c1-14(2)23-27-28-21(25)18(22(29)26-24(28)32-23)12-16-10-11-19(20(13-16)30-4)31-15(3)17-8-6-5-7-9-17/h5-15,25H,1-4H3/b18-12-,25-21?/t15-/m0/s1. The summed E-state index contributed by atoms with van der Waals surface area (Å²) in [7, 11) is 1.57. The summed E-state index contributed by atoms with van der Waals surface area (Å²) in [5.74, 6) is 0.890. The fourth-order valence-electron chi connectivity index (χ4n) is 3.26. The lowest BCUT2D eigenvalue weighted by atomic mass is 10.1. The number of fused-ring (bicyclic) bond motifs is 1. The summed E-state index contributed by atoms with van der Waals surface area (Å²) in [6, 6.07) is 15.3. The van der Waals surface area contributed by atoms with Crippen LogP contribution in [0.25, 0.3) is 6.08 Å². The molecule has 2 aliphatic heterocycles. The molecule has 2 heterocycles. The highest BCUT2D eigenvalue weighted by molar-refractivity contribution is 8.27. The van der Waals surface area contributed by atoms with Crippen molar-refractivity contribution in [3.8, 4) is 11.5 Å². The number of nitrogens with one attached hydrogen (secondary N) is 1. The van der Waals surface area contributed by atoms with Gasteiger partial charge in [-0.25, -0.2) is 0 Å². The molecule has 2 aromatic carbocycles. The smallest absolute Gasteiger partial charge is 0.283 e. The second-order valence-electron chi connectivity index (χ2n) is 7.69. The van der Waals surface area contributed by atoms with Crippen molar-refractivity contribution in [3.05, 3.63) is 65.2 Å². The summed E-state index contributed by atoms with van der Waals surface area (Å²) < 4.78 is 11.6. The minimum atomic E-state index is -0.453. The number of thioether (sulfide) groups is 1. The van der Waals surface area contributed by atoms with Gasteiger partial charge < -0.3 is 9.47 Å². The van der Waals surface area contributed by atoms with Crippen LogP contribution >= 0.6 is 11.8 Å². The topological polar surface area (TPSA) is 87.3 Å². The molecular weight excluding hydrogens is 424 g/mol. The monoisotopic (exact) mass is 448 g/mol. The minimum Gasteiger partial charge on any atom is -0.493 e. The van der Waals surface area contributed by atoms with Crippen molar-refractivity contribution in [3.63, 3.8) is 0 Å². The van der Waals surface area contributed by atoms with Crippen molar-refractivity contribution in [1.29, 1.82) is 5.41 Å². The SMILES string of the molecule is COc1cc(/C=C2/C(=N)N3N=C(C(C)C)SC3=NC2=O)ccc1O[C@@H](C)c1ccccc1. The quantitative estimate of drug-likeness (QED) is 0.621. The van der Waals surface area contributed by atoms with Crippen LogP contribution in [0, 0.1) is 11.3 Å². The van der Waals surface area contributed by atoms with Crippen LogP contribution in [0.15, 0.2) is 64.2 Å². The first-order chi connectivity index (χ1) is 15.4. The Hall–Kier alpha value is -3.39. The Bertz CT molecular complexity index is 1160. The fourth-order valence-corrected chi connectivity index (χ4v) is 4.15. The average Bonchev–Trinajstić information content (AvgIpc) is 3.22. The molecule has 1 N–H and O–H groups in total. The zero-order chi connectivity index (χ0) is 22.8. The van der Waals surface area contributed by atoms with E-state index in [0.29, 0.717) is 22.2 Å². The number of amidine groups is 2. The molecule has 1 amide bonds. The van der Waals surface area contributed by atoms with Crippen molar-refractivity contribution in [1.82, 2.24) is 5.01 Å². The van der Waals surface area contributed by atoms with E-state index in [9.17, 15) is 4.79 Å². The second kappa shape index (κ2) is 9.00. The van der Waals surface area contributed by atoms with Gasteiger partial charge in [0.1, 0.15) is 11.1 Å². The molecule has 2 aliphatic rings. The molecule has 4 rings (SSSR count). The lowest BCUT2D eigenvalue weighted by Gasteiger charge is -2.20. The summed E-state index contributed by atoms with van der Waals surface area (Å²) in [6.07, 6.45) is 1.47. The van der Waals surface area contributed by atoms with E-state index in [1.54, 1.807) is 25.3 Å². The predicted molar refractivity (Wildman–Crippen MR) is 128 cm³/mol. The summed E-state index contributed by atoms with van der Waals surface area (Å²) in [6.45, 7) is 6.01. The number of rotatable bonds is 6. The number of methoxy groups -OCH3 is 1. The molecule has 0 saturated carbocycles. The number of hydrogen-bond acceptors (Lipinski definition) is 6. The summed E-state index contributed by atoms with van der Waals surface area (Å²) in [5.41, 5.74) is 1.94. The zero-order valence-corrected chi connectivity index (χ0v) is 19.1. The van der Waals surface area contributed by atoms with Crippen molar-refractivity contribution in [2.75, 3.05) is 7.11 Å². The maximum absolute atomic E-state index is 12.6. The Morgan fingerprint density at radius 2 is 1.84 bits per heavy atom. The normalized spacial score (nSPS) is 17.9. The van der Waals surface area contributed by atoms with Crippen LogP contribution in [0.5, 0.6) is 11.5 Å². The molecule has 0 radical (unpaired) electrons. The summed E-state index contributed by atoms with van der Waals surface area (Å²) in [4.78, 5) is 16.7. The van der Waals surface area contributed by atoms with E-state index in [0.717, 1.165) is 10.6 Å². The number of nitrogens with zero attached hydrogens (tertiary/aromatic N) is 3. The number of aliphatic imine (C=N–C) groups is 1. The third-order valence-corrected chi connectivity index (χ3v) is 6.24. The fraction of sp³-hybridized carbons (Fsp3) is 0.250. The highest BCUT2D eigenvalue weighted by atomic mass is 32.2. The highest BCUT2D eigenvalue weighted by Gasteiger charge is 2.36. The Kier molecular flexibility index (Phi) is 6.14. The van der Waals surface area contributed by atoms with Crippen LogP contribution in [0.3, 0.4) is 0 Å². The van der Waals surface area contributed by atoms with Gasteiger partial charge in [-0.2, -0.15) is 15.1 Å². The molecule has 0 fully saturated rings. The molecule has 8 heteroatoms. The van der Waals surface area contributed by atoms with Gasteiger partial charge in [-0.05, 0) is 48.0 Å². The van der Waals surface area contributed by atoms with E-state index in [1.165, 1.54) is 16.8 Å². The molecule has 0 aromatic heterocycles. The minimum absolute atomic E-state index is 0.0140. The number of ether oxygens (including phenoxy) is 2. The molecule has 2 aromatic rings. The number of benzene rings is 2. The number of carbonyl (C=O) groups is 1. The van der Waals surface area contributed by atoms with E-state index < -0.39 is 5.91 Å². The number of carbonyl (C=O) groups excluding carboxylic acids is 1. The number of amides is 1. The van der Waals surface area contributed by atoms with Gasteiger partial charge in [-0.1, -0.05) is 50.2 Å². The lowest BCUT2D eigenvalue weighted by Crippen LogP contribution is -2.35. The average molecular weight is 449 g/mol. The molecule has 0 saturated heterocycles. The Morgan fingerprint density at radius 1 is 1.09 bits per heavy atom. The molecule has 164 valence electrons. The molecule has 1 atom stereocenters. The van der Waals surface area contributed by atoms with Crippen LogP contribution < -0.4 is 9.47 Å². The van der Waals surface area contributed by atoms with E-state index in [1.807, 2.05) is 57.2 Å². The van der Waals surface area contributed by atoms with Gasteiger partial charge in [-0.15, -0.1) is 0 Å². The largest absolute Gasteiger partial charge is 0.493 e. The zero-order valence-electron chi connectivity index (χ0n) is 18.3. The Labute approximate surface area is 191 Å². The molecule has 0 unspecified atom stereocenters. The molecule has 0 aliphatic carbocycles. The number of hydrogen-bond donors (Lipinski definition) is 1. The molecule has 0 spiro atoms. The third-order valence-electron chi connectivity index (χ3n) is 5.04. The first kappa shape index (κ1) is 21.8. The van der Waals surface area contributed by atoms with Crippen LogP contribution in [-0.2, 0) is 4.79 Å². The van der Waals surface area contributed by atoms with Crippen LogP contribution in [0.2, 0.25) is 0 Å². The molecule has 7 nitrogen and oxygen atoms in total. The van der Waals surface area contributed by atoms with Crippen LogP contribution in [0.4, 0.5) is 0 Å². The highest BCUT2D eigenvalue weighted by Crippen LogP contribution is 2.34. The van der Waals surface area contributed by atoms with E-state index in [-0.39, 0.29) is 23.4 Å². The van der Waals surface area contributed by atoms with Crippen molar-refractivity contribution < 1.29 is 14.3 Å². The van der Waals surface area contributed by atoms with E-state index in [2.05, 4.69) is 10.1 Å². The molecular formula is C24H24N4O3S. The van der Waals surface area contributed by atoms with Gasteiger partial charge in [0, 0.05) is 5.92 Å². The van der Waals surface area contributed by atoms with E-state index in [4.69, 9.17) is 14.9 Å². The second-order valence-corrected chi connectivity index (χ2v) is 8.68. The van der Waals surface area contributed by atoms with Gasteiger partial charge >= 0.3 is 0 Å². The predicted octanol–water partition coefficient (Wildman–Crippen LogP) is 5.11. The van der Waals surface area contributed by atoms with E-state index >= 15 is 0 Å². The van der Waals surface area contributed by atoms with Gasteiger partial charge in [0.15, 0.2) is 17.3 Å². The Balaban J connectivity index is 1.59. The molecule has 32 heavy (non-hydrogen) atoms. The first-order valence-electron chi connectivity index (χ1n) is 10.3. The van der Waals surface area contributed by atoms with Gasteiger partial charge in [0.05, 0.1) is 12.7 Å². The lowest BCUT2D eigenvalue weighted by molar-refractivity contribution is -0.114. The summed E-state index contributed by atoms with van der Waals surface area (Å²) >= 11 is 1.33. The van der Waals surface area contributed by atoms with Gasteiger partial charge in [0.25, 0.3) is 5.91 Å². The third kappa shape index (κ3) is 4.31. The van der Waals surface area contributed by atoms with Crippen molar-refractivity contribution in [2.24, 2.45) is 16.0 Å². The van der Waals surface area contributed by atoms with Gasteiger partial charge in [0.2, 0.25) is 5.17 Å². The Morgan fingerprint density at radius 3 is 2.53 bits per heavy atom. The molecule has 0 bridgehead atoms. The van der Waals surface area contributed by atoms with Crippen molar-refractivity contribution in [2.45, 2.75) is 26.9 Å². The van der Waals surface area contributed by atoms with Gasteiger partial charge in [-0.3, -0.25) is 10.2 Å². The first-order valence-corrected chi connectivity index (χ1v) is 11.1. The number of hydrazone groups is 1. The van der Waals surface area contributed by atoms with Crippen molar-refractivity contribution >= 4 is 39.8 Å². The maximum atomic E-state index is 12.6. The van der Waals surface area contributed by atoms with Crippen LogP contribution in [0.1, 0.15) is 38.0 Å². The van der Waals surface area contributed by atoms with Crippen LogP contribution in [-0.4, -0.2) is 34.1 Å².